The SMILES string of the molecule is Nc1c(Br)c(OC2CCS(=O)(=O)CC2)nc2c(-c3ccc4ccccc4c3)cnn12. The summed E-state index contributed by atoms with van der Waals surface area (Å²) in [5.74, 6) is 0.988. The van der Waals surface area contributed by atoms with Crippen molar-refractivity contribution in [2.45, 2.75) is 18.9 Å². The molecule has 2 aromatic carbocycles. The van der Waals surface area contributed by atoms with Gasteiger partial charge in [-0.2, -0.15) is 14.6 Å². The Kier molecular flexibility index (Phi) is 4.67. The molecule has 1 aliphatic rings. The topological polar surface area (TPSA) is 99.6 Å². The average molecular weight is 487 g/mol. The number of hydrogen-bond acceptors (Lipinski definition) is 6. The van der Waals surface area contributed by atoms with E-state index < -0.39 is 9.84 Å². The maximum atomic E-state index is 11.7. The van der Waals surface area contributed by atoms with Gasteiger partial charge in [-0.3, -0.25) is 0 Å². The summed E-state index contributed by atoms with van der Waals surface area (Å²) >= 11 is 3.46. The molecule has 2 aromatic heterocycles. The fraction of sp³-hybridized carbons (Fsp3) is 0.238. The lowest BCUT2D eigenvalue weighted by molar-refractivity contribution is 0.181. The van der Waals surface area contributed by atoms with Crippen LogP contribution in [0.2, 0.25) is 0 Å². The van der Waals surface area contributed by atoms with E-state index in [4.69, 9.17) is 10.5 Å². The molecule has 30 heavy (non-hydrogen) atoms. The second-order valence-corrected chi connectivity index (χ2v) is 10.5. The van der Waals surface area contributed by atoms with Crippen molar-refractivity contribution < 1.29 is 13.2 Å². The third-order valence-electron chi connectivity index (χ3n) is 5.43. The van der Waals surface area contributed by atoms with Gasteiger partial charge in [0.05, 0.1) is 17.7 Å². The summed E-state index contributed by atoms with van der Waals surface area (Å²) in [6.45, 7) is 0. The summed E-state index contributed by atoms with van der Waals surface area (Å²) in [5.41, 5.74) is 8.70. The Labute approximate surface area is 181 Å². The van der Waals surface area contributed by atoms with Crippen LogP contribution in [0.5, 0.6) is 5.88 Å². The predicted octanol–water partition coefficient (Wildman–Crippen LogP) is 3.85. The van der Waals surface area contributed by atoms with E-state index in [9.17, 15) is 8.42 Å². The first-order chi connectivity index (χ1) is 14.4. The van der Waals surface area contributed by atoms with Crippen LogP contribution in [0.25, 0.3) is 27.5 Å². The number of fused-ring (bicyclic) bond motifs is 2. The lowest BCUT2D eigenvalue weighted by Crippen LogP contribution is -2.31. The molecule has 2 N–H and O–H groups in total. The largest absolute Gasteiger partial charge is 0.473 e. The molecule has 1 saturated heterocycles. The third kappa shape index (κ3) is 3.41. The van der Waals surface area contributed by atoms with Gasteiger partial charge in [0.1, 0.15) is 16.4 Å². The Morgan fingerprint density at radius 1 is 1.10 bits per heavy atom. The number of halogens is 1. The smallest absolute Gasteiger partial charge is 0.234 e. The van der Waals surface area contributed by atoms with E-state index in [2.05, 4.69) is 50.3 Å². The van der Waals surface area contributed by atoms with Gasteiger partial charge in [-0.1, -0.05) is 36.4 Å². The van der Waals surface area contributed by atoms with Crippen LogP contribution in [0.4, 0.5) is 5.82 Å². The summed E-state index contributed by atoms with van der Waals surface area (Å²) in [5, 5.41) is 6.69. The van der Waals surface area contributed by atoms with Crippen molar-refractivity contribution >= 4 is 48.0 Å². The first-order valence-electron chi connectivity index (χ1n) is 9.60. The number of benzene rings is 2. The maximum absolute atomic E-state index is 11.7. The Morgan fingerprint density at radius 2 is 1.83 bits per heavy atom. The van der Waals surface area contributed by atoms with Gasteiger partial charge in [-0.25, -0.2) is 8.42 Å². The van der Waals surface area contributed by atoms with E-state index >= 15 is 0 Å². The van der Waals surface area contributed by atoms with E-state index in [1.54, 1.807) is 10.7 Å². The van der Waals surface area contributed by atoms with E-state index in [-0.39, 0.29) is 17.6 Å². The van der Waals surface area contributed by atoms with Crippen LogP contribution in [-0.4, -0.2) is 40.6 Å². The minimum absolute atomic E-state index is 0.127. The van der Waals surface area contributed by atoms with Crippen molar-refractivity contribution in [1.29, 1.82) is 0 Å². The normalized spacial score (nSPS) is 16.8. The monoisotopic (exact) mass is 486 g/mol. The third-order valence-corrected chi connectivity index (χ3v) is 7.89. The molecule has 154 valence electrons. The van der Waals surface area contributed by atoms with Crippen LogP contribution in [0, 0.1) is 0 Å². The Bertz CT molecular complexity index is 1370. The van der Waals surface area contributed by atoms with E-state index in [0.29, 0.717) is 34.7 Å². The molecule has 3 heterocycles. The highest BCUT2D eigenvalue weighted by molar-refractivity contribution is 9.10. The molecule has 0 radical (unpaired) electrons. The molecule has 0 amide bonds. The molecule has 1 fully saturated rings. The minimum atomic E-state index is -2.96. The molecule has 0 bridgehead atoms. The molecular formula is C21H19BrN4O3S. The predicted molar refractivity (Wildman–Crippen MR) is 120 cm³/mol. The van der Waals surface area contributed by atoms with E-state index in [0.717, 1.165) is 21.9 Å². The van der Waals surface area contributed by atoms with Crippen molar-refractivity contribution in [3.63, 3.8) is 0 Å². The maximum Gasteiger partial charge on any atom is 0.234 e. The average Bonchev–Trinajstić information content (AvgIpc) is 3.17. The van der Waals surface area contributed by atoms with Crippen molar-refractivity contribution in [2.24, 2.45) is 0 Å². The highest BCUT2D eigenvalue weighted by atomic mass is 79.9. The van der Waals surface area contributed by atoms with Gasteiger partial charge in [0.15, 0.2) is 15.5 Å². The van der Waals surface area contributed by atoms with Crippen LogP contribution in [0.3, 0.4) is 0 Å². The Balaban J connectivity index is 1.56. The first kappa shape index (κ1) is 19.3. The van der Waals surface area contributed by atoms with Gasteiger partial charge in [-0.15, -0.1) is 0 Å². The summed E-state index contributed by atoms with van der Waals surface area (Å²) in [6.07, 6.45) is 2.41. The molecule has 4 aromatic rings. The fourth-order valence-corrected chi connectivity index (χ4v) is 5.55. The second kappa shape index (κ2) is 7.24. The number of rotatable bonds is 3. The first-order valence-corrected chi connectivity index (χ1v) is 12.2. The lowest BCUT2D eigenvalue weighted by Gasteiger charge is -2.23. The van der Waals surface area contributed by atoms with E-state index in [1.165, 1.54) is 0 Å². The summed E-state index contributed by atoms with van der Waals surface area (Å²) < 4.78 is 31.5. The molecule has 9 heteroatoms. The van der Waals surface area contributed by atoms with Crippen LogP contribution in [-0.2, 0) is 9.84 Å². The lowest BCUT2D eigenvalue weighted by atomic mass is 10.0. The van der Waals surface area contributed by atoms with Crippen LogP contribution in [0.15, 0.2) is 53.1 Å². The molecule has 0 aliphatic carbocycles. The van der Waals surface area contributed by atoms with Gasteiger partial charge in [-0.05, 0) is 51.2 Å². The molecule has 0 unspecified atom stereocenters. The second-order valence-electron chi connectivity index (χ2n) is 7.44. The zero-order valence-corrected chi connectivity index (χ0v) is 18.4. The molecule has 0 spiro atoms. The minimum Gasteiger partial charge on any atom is -0.473 e. The Hall–Kier alpha value is -2.65. The van der Waals surface area contributed by atoms with Gasteiger partial charge < -0.3 is 10.5 Å². The van der Waals surface area contributed by atoms with Crippen molar-refractivity contribution in [3.05, 3.63) is 53.1 Å². The number of nitrogen functional groups attached to an aromatic ring is 1. The molecule has 0 atom stereocenters. The summed E-state index contributed by atoms with van der Waals surface area (Å²) in [6, 6.07) is 14.3. The molecule has 0 saturated carbocycles. The molecule has 7 nitrogen and oxygen atoms in total. The highest BCUT2D eigenvalue weighted by Crippen LogP contribution is 2.35. The zero-order chi connectivity index (χ0) is 20.9. The number of nitrogens with zero attached hydrogens (tertiary/aromatic N) is 3. The quantitative estimate of drug-likeness (QED) is 0.471. The van der Waals surface area contributed by atoms with Gasteiger partial charge in [0.2, 0.25) is 5.88 Å². The number of sulfone groups is 1. The number of ether oxygens (including phenoxy) is 1. The van der Waals surface area contributed by atoms with Crippen molar-refractivity contribution in [1.82, 2.24) is 14.6 Å². The summed E-state index contributed by atoms with van der Waals surface area (Å²) in [7, 11) is -2.96. The summed E-state index contributed by atoms with van der Waals surface area (Å²) in [4.78, 5) is 4.68. The number of aromatic nitrogens is 3. The van der Waals surface area contributed by atoms with Crippen LogP contribution >= 0.6 is 15.9 Å². The molecule has 1 aliphatic heterocycles. The van der Waals surface area contributed by atoms with Crippen molar-refractivity contribution in [2.75, 3.05) is 17.2 Å². The number of anilines is 1. The van der Waals surface area contributed by atoms with Gasteiger partial charge in [0.25, 0.3) is 0 Å². The molecule has 5 rings (SSSR count). The van der Waals surface area contributed by atoms with Gasteiger partial charge >= 0.3 is 0 Å². The van der Waals surface area contributed by atoms with Crippen LogP contribution in [0.1, 0.15) is 12.8 Å². The fourth-order valence-electron chi connectivity index (χ4n) is 3.76. The Morgan fingerprint density at radius 3 is 2.60 bits per heavy atom. The highest BCUT2D eigenvalue weighted by Gasteiger charge is 2.27. The number of hydrogen-bond donors (Lipinski definition) is 1. The molecular weight excluding hydrogens is 468 g/mol. The van der Waals surface area contributed by atoms with Crippen LogP contribution < -0.4 is 10.5 Å². The number of nitrogens with two attached hydrogens (primary N) is 1. The van der Waals surface area contributed by atoms with Crippen molar-refractivity contribution in [3.8, 4) is 17.0 Å². The van der Waals surface area contributed by atoms with Gasteiger partial charge in [0, 0.05) is 5.56 Å². The van der Waals surface area contributed by atoms with E-state index in [1.807, 2.05) is 18.2 Å². The zero-order valence-electron chi connectivity index (χ0n) is 16.0. The standard InChI is InChI=1S/C21H19BrN4O3S/c22-18-19(23)26-20(25-21(18)29-16-7-9-30(27,28)10-8-16)17(12-24-26)15-6-5-13-3-1-2-4-14(13)11-15/h1-6,11-12,16H,7-10,23H2.